The summed E-state index contributed by atoms with van der Waals surface area (Å²) in [5.41, 5.74) is 5.57. The second-order valence-electron chi connectivity index (χ2n) is 5.94. The summed E-state index contributed by atoms with van der Waals surface area (Å²) in [5, 5.41) is 3.48. The molecule has 1 aliphatic rings. The molecule has 2 heterocycles. The summed E-state index contributed by atoms with van der Waals surface area (Å²) in [5.74, 6) is 0. The third-order valence-electron chi connectivity index (χ3n) is 3.93. The maximum absolute atomic E-state index is 4.38. The zero-order valence-corrected chi connectivity index (χ0v) is 11.6. The molecule has 1 aliphatic heterocycles. The summed E-state index contributed by atoms with van der Waals surface area (Å²) in [6.07, 6.45) is 3.93. The maximum Gasteiger partial charge on any atom is 0.0406 e. The summed E-state index contributed by atoms with van der Waals surface area (Å²) in [7, 11) is 0. The minimum atomic E-state index is 0.246. The minimum Gasteiger partial charge on any atom is -0.384 e. The Morgan fingerprint density at radius 2 is 2.05 bits per heavy atom. The number of nitrogens with zero attached hydrogens (tertiary/aromatic N) is 1. The molecule has 3 rings (SSSR count). The van der Waals surface area contributed by atoms with Crippen molar-refractivity contribution in [2.24, 2.45) is 0 Å². The number of nitrogens with one attached hydrogen (secondary N) is 1. The minimum absolute atomic E-state index is 0.246. The molecule has 2 aromatic rings. The van der Waals surface area contributed by atoms with E-state index in [0.29, 0.717) is 0 Å². The average molecular weight is 252 g/mol. The highest BCUT2D eigenvalue weighted by atomic mass is 14.9. The van der Waals surface area contributed by atoms with Crippen LogP contribution in [0.3, 0.4) is 0 Å². The molecule has 0 unspecified atom stereocenters. The maximum atomic E-state index is 4.38. The van der Waals surface area contributed by atoms with Gasteiger partial charge in [-0.2, -0.15) is 0 Å². The van der Waals surface area contributed by atoms with Gasteiger partial charge >= 0.3 is 0 Å². The SMILES string of the molecule is CC1(C)CNc2ccc(CCc3ccccn3)cc21. The molecule has 1 aromatic heterocycles. The van der Waals surface area contributed by atoms with Gasteiger partial charge in [-0.1, -0.05) is 32.0 Å². The van der Waals surface area contributed by atoms with E-state index in [1.165, 1.54) is 22.5 Å². The average Bonchev–Trinajstić information content (AvgIpc) is 2.73. The lowest BCUT2D eigenvalue weighted by molar-refractivity contribution is 0.585. The van der Waals surface area contributed by atoms with E-state index in [1.54, 1.807) is 0 Å². The van der Waals surface area contributed by atoms with Crippen LogP contribution < -0.4 is 5.32 Å². The topological polar surface area (TPSA) is 24.9 Å². The number of aromatic nitrogens is 1. The second-order valence-corrected chi connectivity index (χ2v) is 5.94. The van der Waals surface area contributed by atoms with E-state index in [-0.39, 0.29) is 5.41 Å². The molecule has 0 saturated heterocycles. The fourth-order valence-corrected chi connectivity index (χ4v) is 2.69. The lowest BCUT2D eigenvalue weighted by Crippen LogP contribution is -2.19. The molecule has 2 nitrogen and oxygen atoms in total. The van der Waals surface area contributed by atoms with Crippen molar-refractivity contribution in [1.29, 1.82) is 0 Å². The zero-order chi connectivity index (χ0) is 13.3. The molecule has 2 heteroatoms. The number of benzene rings is 1. The molecule has 0 amide bonds. The molecule has 0 fully saturated rings. The summed E-state index contributed by atoms with van der Waals surface area (Å²) < 4.78 is 0. The Morgan fingerprint density at radius 3 is 2.84 bits per heavy atom. The smallest absolute Gasteiger partial charge is 0.0406 e. The van der Waals surface area contributed by atoms with Crippen LogP contribution in [-0.2, 0) is 18.3 Å². The van der Waals surface area contributed by atoms with Gasteiger partial charge < -0.3 is 5.32 Å². The molecule has 1 N–H and O–H groups in total. The van der Waals surface area contributed by atoms with Crippen LogP contribution in [0.1, 0.15) is 30.7 Å². The van der Waals surface area contributed by atoms with Gasteiger partial charge in [0, 0.05) is 29.5 Å². The Hall–Kier alpha value is -1.83. The van der Waals surface area contributed by atoms with Crippen molar-refractivity contribution in [3.8, 4) is 0 Å². The molecule has 98 valence electrons. The van der Waals surface area contributed by atoms with Crippen molar-refractivity contribution in [3.63, 3.8) is 0 Å². The molecular weight excluding hydrogens is 232 g/mol. The van der Waals surface area contributed by atoms with Gasteiger partial charge in [-0.3, -0.25) is 4.98 Å². The Morgan fingerprint density at radius 1 is 1.16 bits per heavy atom. The molecular formula is C17H20N2. The Kier molecular flexibility index (Phi) is 3.02. The highest BCUT2D eigenvalue weighted by Crippen LogP contribution is 2.36. The fraction of sp³-hybridized carbons (Fsp3) is 0.353. The molecule has 0 saturated carbocycles. The van der Waals surface area contributed by atoms with Gasteiger partial charge in [-0.15, -0.1) is 0 Å². The highest BCUT2D eigenvalue weighted by Gasteiger charge is 2.29. The van der Waals surface area contributed by atoms with E-state index in [1.807, 2.05) is 12.3 Å². The highest BCUT2D eigenvalue weighted by molar-refractivity contribution is 5.60. The first-order valence-corrected chi connectivity index (χ1v) is 6.92. The third kappa shape index (κ3) is 2.48. The molecule has 0 bridgehead atoms. The van der Waals surface area contributed by atoms with Crippen LogP contribution in [0, 0.1) is 0 Å². The van der Waals surface area contributed by atoms with Crippen LogP contribution in [0.25, 0.3) is 0 Å². The largest absolute Gasteiger partial charge is 0.384 e. The Labute approximate surface area is 114 Å². The van der Waals surface area contributed by atoms with Crippen molar-refractivity contribution in [2.75, 3.05) is 11.9 Å². The van der Waals surface area contributed by atoms with E-state index in [0.717, 1.165) is 19.4 Å². The molecule has 0 radical (unpaired) electrons. The van der Waals surface area contributed by atoms with Gasteiger partial charge in [0.05, 0.1) is 0 Å². The van der Waals surface area contributed by atoms with E-state index < -0.39 is 0 Å². The van der Waals surface area contributed by atoms with Crippen LogP contribution in [0.15, 0.2) is 42.6 Å². The fourth-order valence-electron chi connectivity index (χ4n) is 2.69. The lowest BCUT2D eigenvalue weighted by atomic mass is 9.85. The predicted molar refractivity (Wildman–Crippen MR) is 79.6 cm³/mol. The van der Waals surface area contributed by atoms with E-state index >= 15 is 0 Å². The first-order chi connectivity index (χ1) is 9.15. The molecule has 1 aromatic carbocycles. The third-order valence-corrected chi connectivity index (χ3v) is 3.93. The van der Waals surface area contributed by atoms with Gasteiger partial charge in [-0.25, -0.2) is 0 Å². The van der Waals surface area contributed by atoms with Gasteiger partial charge in [0.1, 0.15) is 0 Å². The summed E-state index contributed by atoms with van der Waals surface area (Å²) in [6, 6.07) is 12.9. The van der Waals surface area contributed by atoms with Crippen molar-refractivity contribution in [3.05, 3.63) is 59.4 Å². The number of hydrogen-bond acceptors (Lipinski definition) is 2. The number of aryl methyl sites for hydroxylation is 2. The number of fused-ring (bicyclic) bond motifs is 1. The first kappa shape index (κ1) is 12.2. The van der Waals surface area contributed by atoms with Crippen LogP contribution in [0.5, 0.6) is 0 Å². The number of hydrogen-bond donors (Lipinski definition) is 1. The zero-order valence-electron chi connectivity index (χ0n) is 11.6. The quantitative estimate of drug-likeness (QED) is 0.903. The van der Waals surface area contributed by atoms with Gasteiger partial charge in [0.25, 0.3) is 0 Å². The van der Waals surface area contributed by atoms with E-state index in [9.17, 15) is 0 Å². The van der Waals surface area contributed by atoms with Gasteiger partial charge in [0.15, 0.2) is 0 Å². The summed E-state index contributed by atoms with van der Waals surface area (Å²) in [6.45, 7) is 5.63. The monoisotopic (exact) mass is 252 g/mol. The van der Waals surface area contributed by atoms with Gasteiger partial charge in [-0.05, 0) is 42.2 Å². The van der Waals surface area contributed by atoms with Crippen LogP contribution in [-0.4, -0.2) is 11.5 Å². The van der Waals surface area contributed by atoms with Crippen molar-refractivity contribution in [2.45, 2.75) is 32.1 Å². The molecule has 0 aliphatic carbocycles. The standard InChI is InChI=1S/C17H20N2/c1-17(2)12-19-16-9-7-13(11-15(16)17)6-8-14-5-3-4-10-18-14/h3-5,7,9-11,19H,6,8,12H2,1-2H3. The Balaban J connectivity index is 1.77. The first-order valence-electron chi connectivity index (χ1n) is 6.92. The summed E-state index contributed by atoms with van der Waals surface area (Å²) in [4.78, 5) is 4.38. The van der Waals surface area contributed by atoms with Crippen molar-refractivity contribution in [1.82, 2.24) is 4.98 Å². The number of anilines is 1. The number of rotatable bonds is 3. The number of pyridine rings is 1. The molecule has 19 heavy (non-hydrogen) atoms. The van der Waals surface area contributed by atoms with Crippen LogP contribution >= 0.6 is 0 Å². The molecule has 0 spiro atoms. The summed E-state index contributed by atoms with van der Waals surface area (Å²) >= 11 is 0. The van der Waals surface area contributed by atoms with E-state index in [4.69, 9.17) is 0 Å². The van der Waals surface area contributed by atoms with Crippen molar-refractivity contribution < 1.29 is 0 Å². The second kappa shape index (κ2) is 4.69. The van der Waals surface area contributed by atoms with Crippen LogP contribution in [0.2, 0.25) is 0 Å². The Bertz CT molecular complexity index is 573. The normalized spacial score (nSPS) is 15.9. The lowest BCUT2D eigenvalue weighted by Gasteiger charge is -2.17. The van der Waals surface area contributed by atoms with Gasteiger partial charge in [0.2, 0.25) is 0 Å². The van der Waals surface area contributed by atoms with Crippen LogP contribution in [0.4, 0.5) is 5.69 Å². The predicted octanol–water partition coefficient (Wildman–Crippen LogP) is 3.57. The molecule has 0 atom stereocenters. The van der Waals surface area contributed by atoms with E-state index in [2.05, 4.69) is 54.5 Å². The van der Waals surface area contributed by atoms with Crippen molar-refractivity contribution >= 4 is 5.69 Å².